The molecule has 29 heavy (non-hydrogen) atoms. The Kier molecular flexibility index (Phi) is 4.65. The number of hydroxylamine groups is 2. The van der Waals surface area contributed by atoms with Gasteiger partial charge in [0.2, 0.25) is 0 Å². The van der Waals surface area contributed by atoms with Crippen molar-refractivity contribution in [2.24, 2.45) is 0 Å². The Hall–Kier alpha value is -2.80. The third-order valence-electron chi connectivity index (χ3n) is 5.57. The van der Waals surface area contributed by atoms with Crippen molar-refractivity contribution in [2.75, 3.05) is 6.26 Å². The van der Waals surface area contributed by atoms with Crippen molar-refractivity contribution < 1.29 is 18.7 Å². The number of pyridine rings is 1. The van der Waals surface area contributed by atoms with E-state index in [0.717, 1.165) is 38.7 Å². The first kappa shape index (κ1) is 19.5. The first-order valence-corrected chi connectivity index (χ1v) is 11.2. The smallest absolute Gasteiger partial charge is 0.156 e. The van der Waals surface area contributed by atoms with Crippen molar-refractivity contribution in [3.05, 3.63) is 84.3 Å². The van der Waals surface area contributed by atoms with Gasteiger partial charge in [0.1, 0.15) is 12.4 Å². The van der Waals surface area contributed by atoms with Crippen molar-refractivity contribution in [1.29, 1.82) is 0 Å². The Morgan fingerprint density at radius 2 is 1.79 bits per heavy atom. The van der Waals surface area contributed by atoms with Crippen LogP contribution in [0.15, 0.2) is 73.2 Å². The lowest BCUT2D eigenvalue weighted by atomic mass is 9.92. The number of aromatic nitrogens is 1. The number of allylic oxidation sites excluding steroid dienone is 2. The number of benzene rings is 2. The average Bonchev–Trinajstić information content (AvgIpc) is 3.13. The lowest BCUT2D eigenvalue weighted by Crippen LogP contribution is -2.98. The second-order valence-corrected chi connectivity index (χ2v) is 10.4. The summed E-state index contributed by atoms with van der Waals surface area (Å²) in [6.07, 6.45) is 8.26. The number of hydrogen-bond acceptors (Lipinski definition) is 4. The van der Waals surface area contributed by atoms with Crippen LogP contribution in [-0.2, 0) is 14.6 Å². The summed E-state index contributed by atoms with van der Waals surface area (Å²) in [5.74, 6) is 0. The molecule has 2 aromatic carbocycles. The Labute approximate surface area is 170 Å². The van der Waals surface area contributed by atoms with E-state index in [1.165, 1.54) is 6.26 Å². The van der Waals surface area contributed by atoms with E-state index in [2.05, 4.69) is 4.98 Å². The van der Waals surface area contributed by atoms with Gasteiger partial charge in [0.15, 0.2) is 9.84 Å². The topological polar surface area (TPSA) is 71.7 Å². The Morgan fingerprint density at radius 1 is 1.03 bits per heavy atom. The van der Waals surface area contributed by atoms with Gasteiger partial charge in [-0.1, -0.05) is 24.3 Å². The third kappa shape index (κ3) is 3.51. The Morgan fingerprint density at radius 3 is 2.48 bits per heavy atom. The van der Waals surface area contributed by atoms with Gasteiger partial charge in [-0.05, 0) is 54.8 Å². The summed E-state index contributed by atoms with van der Waals surface area (Å²) in [7, 11) is -3.32. The van der Waals surface area contributed by atoms with E-state index in [1.807, 2.05) is 54.6 Å². The molecule has 1 aromatic heterocycles. The van der Waals surface area contributed by atoms with Crippen LogP contribution in [0.1, 0.15) is 25.0 Å². The van der Waals surface area contributed by atoms with E-state index < -0.39 is 14.6 Å². The molecule has 0 fully saturated rings. The van der Waals surface area contributed by atoms with E-state index in [0.29, 0.717) is 0 Å². The van der Waals surface area contributed by atoms with Crippen molar-refractivity contribution in [2.45, 2.75) is 18.6 Å². The Balaban J connectivity index is 1.95. The molecule has 4 rings (SSSR count). The molecule has 0 radical (unpaired) electrons. The normalized spacial score (nSPS) is 17.0. The van der Waals surface area contributed by atoms with Crippen LogP contribution in [0, 0.1) is 0 Å². The molecule has 0 bridgehead atoms. The molecule has 1 unspecified atom stereocenters. The molecule has 0 amide bonds. The maximum absolute atomic E-state index is 12.4. The first-order chi connectivity index (χ1) is 13.7. The fourth-order valence-electron chi connectivity index (χ4n) is 3.45. The van der Waals surface area contributed by atoms with Crippen LogP contribution in [0.25, 0.3) is 27.6 Å². The molecule has 2 N–H and O–H groups in total. The zero-order valence-corrected chi connectivity index (χ0v) is 17.4. The van der Waals surface area contributed by atoms with E-state index >= 15 is 0 Å². The van der Waals surface area contributed by atoms with E-state index in [9.17, 15) is 13.6 Å². The minimum atomic E-state index is -3.32. The highest BCUT2D eigenvalue weighted by Crippen LogP contribution is 2.37. The van der Waals surface area contributed by atoms with Crippen LogP contribution < -0.4 is 5.06 Å². The summed E-state index contributed by atoms with van der Waals surface area (Å²) in [6.45, 7) is 3.46. The van der Waals surface area contributed by atoms with E-state index in [4.69, 9.17) is 0 Å². The van der Waals surface area contributed by atoms with Crippen LogP contribution in [0.5, 0.6) is 0 Å². The van der Waals surface area contributed by atoms with Gasteiger partial charge in [0.05, 0.1) is 10.3 Å². The maximum Gasteiger partial charge on any atom is 0.156 e. The minimum absolute atomic E-state index is 0.231. The number of nitrogens with zero attached hydrogens (tertiary/aromatic N) is 1. The van der Waals surface area contributed by atoms with Gasteiger partial charge in [0, 0.05) is 35.1 Å². The minimum Gasteiger partial charge on any atom is -0.256 e. The molecule has 1 atom stereocenters. The van der Waals surface area contributed by atoms with Crippen molar-refractivity contribution in [1.82, 2.24) is 4.98 Å². The summed E-state index contributed by atoms with van der Waals surface area (Å²) in [4.78, 5) is 4.56. The standard InChI is InChI=1S/C23H22N2O3S/c1-23(2,29(3,27)28)20-13-18-8-5-10-24-22(18)21(14-20)17-7-4-6-16(12-17)19-9-11-25(26)15-19/h4-15,26H,1-3H3/p+1. The molecule has 0 saturated carbocycles. The van der Waals surface area contributed by atoms with E-state index in [-0.39, 0.29) is 5.06 Å². The Bertz CT molecular complexity index is 1270. The van der Waals surface area contributed by atoms with Crippen LogP contribution in [0.4, 0.5) is 0 Å². The number of fused-ring (bicyclic) bond motifs is 1. The molecule has 0 spiro atoms. The van der Waals surface area contributed by atoms with Gasteiger partial charge in [-0.3, -0.25) is 4.98 Å². The molecule has 0 saturated heterocycles. The molecule has 6 heteroatoms. The van der Waals surface area contributed by atoms with Crippen LogP contribution in [0.2, 0.25) is 0 Å². The molecule has 1 aliphatic heterocycles. The molecule has 148 valence electrons. The average molecular weight is 408 g/mol. The van der Waals surface area contributed by atoms with Crippen molar-refractivity contribution in [3.63, 3.8) is 0 Å². The predicted octanol–water partition coefficient (Wildman–Crippen LogP) is 3.32. The lowest BCUT2D eigenvalue weighted by Gasteiger charge is -2.24. The highest BCUT2D eigenvalue weighted by Gasteiger charge is 2.33. The molecule has 5 nitrogen and oxygen atoms in total. The second-order valence-electron chi connectivity index (χ2n) is 7.82. The van der Waals surface area contributed by atoms with Gasteiger partial charge < -0.3 is 0 Å². The van der Waals surface area contributed by atoms with E-state index in [1.54, 1.807) is 32.4 Å². The van der Waals surface area contributed by atoms with Gasteiger partial charge in [0.25, 0.3) is 0 Å². The van der Waals surface area contributed by atoms with Gasteiger partial charge >= 0.3 is 0 Å². The third-order valence-corrected chi connectivity index (χ3v) is 7.66. The number of rotatable bonds is 4. The molecule has 1 aliphatic rings. The summed E-state index contributed by atoms with van der Waals surface area (Å²) in [5.41, 5.74) is 5.27. The zero-order valence-electron chi connectivity index (χ0n) is 16.5. The number of sulfone groups is 1. The summed E-state index contributed by atoms with van der Waals surface area (Å²) in [6, 6.07) is 15.6. The largest absolute Gasteiger partial charge is 0.256 e. The lowest BCUT2D eigenvalue weighted by molar-refractivity contribution is -1.000. The highest BCUT2D eigenvalue weighted by molar-refractivity contribution is 7.91. The first-order valence-electron chi connectivity index (χ1n) is 9.32. The molecular weight excluding hydrogens is 384 g/mol. The summed E-state index contributed by atoms with van der Waals surface area (Å²) in [5, 5.41) is 10.8. The van der Waals surface area contributed by atoms with Gasteiger partial charge in [-0.2, -0.15) is 0 Å². The fraction of sp³-hybridized carbons (Fsp3) is 0.174. The molecule has 3 aromatic rings. The highest BCUT2D eigenvalue weighted by atomic mass is 32.2. The predicted molar refractivity (Wildman–Crippen MR) is 115 cm³/mol. The van der Waals surface area contributed by atoms with Crippen molar-refractivity contribution in [3.8, 4) is 11.1 Å². The number of quaternary nitrogens is 1. The van der Waals surface area contributed by atoms with Gasteiger partial charge in [-0.25, -0.2) is 13.6 Å². The van der Waals surface area contributed by atoms with Gasteiger partial charge in [-0.15, -0.1) is 5.06 Å². The zero-order chi connectivity index (χ0) is 20.8. The SMILES string of the molecule is CC(C)(c1cc(-c2cccc(C3=C[NH+](O)C=C3)c2)c2ncccc2c1)S(C)(=O)=O. The monoisotopic (exact) mass is 407 g/mol. The van der Waals surface area contributed by atoms with Crippen LogP contribution in [0.3, 0.4) is 0 Å². The van der Waals surface area contributed by atoms with Crippen LogP contribution in [-0.4, -0.2) is 24.9 Å². The summed E-state index contributed by atoms with van der Waals surface area (Å²) < 4.78 is 23.9. The number of hydrogen-bond donors (Lipinski definition) is 2. The number of nitrogens with one attached hydrogen (secondary N) is 1. The van der Waals surface area contributed by atoms with Crippen molar-refractivity contribution >= 4 is 26.3 Å². The quantitative estimate of drug-likeness (QED) is 0.696. The second kappa shape index (κ2) is 6.91. The molecule has 0 aliphatic carbocycles. The van der Waals surface area contributed by atoms with Crippen LogP contribution >= 0.6 is 0 Å². The summed E-state index contributed by atoms with van der Waals surface area (Å²) >= 11 is 0. The molecule has 2 heterocycles. The maximum atomic E-state index is 12.4. The molecular formula is C23H23N2O3S+. The fourth-order valence-corrected chi connectivity index (χ4v) is 4.00.